The second-order valence-electron chi connectivity index (χ2n) is 7.23. The first-order valence-electron chi connectivity index (χ1n) is 10.6. The molecule has 0 aliphatic rings. The Labute approximate surface area is 206 Å². The summed E-state index contributed by atoms with van der Waals surface area (Å²) < 4.78 is 31.9. The zero-order valence-electron chi connectivity index (χ0n) is 19.1. The lowest BCUT2D eigenvalue weighted by molar-refractivity contribution is -0.113. The Morgan fingerprint density at radius 3 is 2.34 bits per heavy atom. The van der Waals surface area contributed by atoms with Crippen LogP contribution in [0.25, 0.3) is 5.69 Å². The highest BCUT2D eigenvalue weighted by Gasteiger charge is 2.17. The van der Waals surface area contributed by atoms with Gasteiger partial charge in [-0.3, -0.25) is 9.36 Å². The molecule has 0 bridgehead atoms. The van der Waals surface area contributed by atoms with Crippen molar-refractivity contribution in [1.29, 1.82) is 0 Å². The number of hydrogen-bond acceptors (Lipinski definition) is 7. The van der Waals surface area contributed by atoms with Gasteiger partial charge < -0.3 is 19.5 Å². The fourth-order valence-corrected chi connectivity index (χ4v) is 4.01. The number of ether oxygens (including phenoxy) is 3. The highest BCUT2D eigenvalue weighted by molar-refractivity contribution is 7.99. The predicted octanol–water partition coefficient (Wildman–Crippen LogP) is 4.73. The van der Waals surface area contributed by atoms with E-state index in [2.05, 4.69) is 15.5 Å². The number of carbonyl (C=O) groups is 1. The standard InChI is InChI=1S/C25H23FN4O4S/c1-32-19-12-17(13-20(14-19)33-2)27-24(31)16-35-25-29-28-23(30(25)18-8-4-3-5-9-18)15-34-22-11-7-6-10-21(22)26/h3-14H,15-16H2,1-2H3,(H,27,31). The number of amides is 1. The van der Waals surface area contributed by atoms with E-state index in [1.807, 2.05) is 30.3 Å². The first kappa shape index (κ1) is 24.1. The maximum atomic E-state index is 14.0. The average Bonchev–Trinajstić information content (AvgIpc) is 3.30. The van der Waals surface area contributed by atoms with Crippen LogP contribution < -0.4 is 19.5 Å². The van der Waals surface area contributed by atoms with Gasteiger partial charge in [-0.05, 0) is 24.3 Å². The smallest absolute Gasteiger partial charge is 0.234 e. The van der Waals surface area contributed by atoms with E-state index in [0.29, 0.717) is 28.2 Å². The molecule has 1 amide bonds. The molecule has 4 aromatic rings. The third-order valence-corrected chi connectivity index (χ3v) is 5.80. The lowest BCUT2D eigenvalue weighted by atomic mass is 10.2. The van der Waals surface area contributed by atoms with E-state index < -0.39 is 5.82 Å². The molecule has 0 spiro atoms. The van der Waals surface area contributed by atoms with E-state index in [-0.39, 0.29) is 24.0 Å². The third-order valence-electron chi connectivity index (χ3n) is 4.88. The van der Waals surface area contributed by atoms with Gasteiger partial charge >= 0.3 is 0 Å². The normalized spacial score (nSPS) is 10.6. The summed E-state index contributed by atoms with van der Waals surface area (Å²) in [6.07, 6.45) is 0. The van der Waals surface area contributed by atoms with Crippen molar-refractivity contribution in [3.05, 3.63) is 84.4 Å². The zero-order chi connectivity index (χ0) is 24.6. The minimum atomic E-state index is -0.460. The van der Waals surface area contributed by atoms with E-state index >= 15 is 0 Å². The quantitative estimate of drug-likeness (QED) is 0.319. The molecule has 0 saturated heterocycles. The number of para-hydroxylation sites is 2. The molecule has 8 nitrogen and oxygen atoms in total. The number of halogens is 1. The molecular weight excluding hydrogens is 471 g/mol. The second kappa shape index (κ2) is 11.4. The number of carbonyl (C=O) groups excluding carboxylic acids is 1. The summed E-state index contributed by atoms with van der Waals surface area (Å²) in [6, 6.07) is 20.7. The van der Waals surface area contributed by atoms with Crippen LogP contribution in [0.4, 0.5) is 10.1 Å². The summed E-state index contributed by atoms with van der Waals surface area (Å²) in [5, 5.41) is 11.8. The van der Waals surface area contributed by atoms with E-state index in [1.54, 1.807) is 55.2 Å². The van der Waals surface area contributed by atoms with Gasteiger partial charge in [-0.25, -0.2) is 4.39 Å². The summed E-state index contributed by atoms with van der Waals surface area (Å²) in [7, 11) is 3.08. The molecule has 180 valence electrons. The predicted molar refractivity (Wildman–Crippen MR) is 131 cm³/mol. The highest BCUT2D eigenvalue weighted by atomic mass is 32.2. The van der Waals surface area contributed by atoms with Crippen molar-refractivity contribution in [3.63, 3.8) is 0 Å². The minimum Gasteiger partial charge on any atom is -0.497 e. The first-order valence-corrected chi connectivity index (χ1v) is 11.6. The molecule has 0 fully saturated rings. The van der Waals surface area contributed by atoms with Crippen LogP contribution in [-0.4, -0.2) is 40.6 Å². The molecule has 0 unspecified atom stereocenters. The maximum absolute atomic E-state index is 14.0. The van der Waals surface area contributed by atoms with Gasteiger partial charge in [0.15, 0.2) is 22.5 Å². The van der Waals surface area contributed by atoms with Gasteiger partial charge in [0.1, 0.15) is 18.1 Å². The molecule has 35 heavy (non-hydrogen) atoms. The Kier molecular flexibility index (Phi) is 7.84. The Morgan fingerprint density at radius 2 is 1.66 bits per heavy atom. The molecule has 1 aromatic heterocycles. The van der Waals surface area contributed by atoms with Crippen molar-refractivity contribution >= 4 is 23.4 Å². The fraction of sp³-hybridized carbons (Fsp3) is 0.160. The molecular formula is C25H23FN4O4S. The van der Waals surface area contributed by atoms with Gasteiger partial charge in [0.25, 0.3) is 0 Å². The zero-order valence-corrected chi connectivity index (χ0v) is 19.9. The lowest BCUT2D eigenvalue weighted by Crippen LogP contribution is -2.15. The van der Waals surface area contributed by atoms with Gasteiger partial charge in [-0.1, -0.05) is 42.1 Å². The Balaban J connectivity index is 1.49. The van der Waals surface area contributed by atoms with Gasteiger partial charge in [0, 0.05) is 29.6 Å². The van der Waals surface area contributed by atoms with Gasteiger partial charge in [0.2, 0.25) is 5.91 Å². The molecule has 1 heterocycles. The number of anilines is 1. The van der Waals surface area contributed by atoms with Crippen LogP contribution in [0.1, 0.15) is 5.82 Å². The topological polar surface area (TPSA) is 87.5 Å². The Morgan fingerprint density at radius 1 is 0.971 bits per heavy atom. The number of hydrogen-bond donors (Lipinski definition) is 1. The van der Waals surface area contributed by atoms with Gasteiger partial charge in [0.05, 0.1) is 20.0 Å². The molecule has 10 heteroatoms. The van der Waals surface area contributed by atoms with Crippen LogP contribution >= 0.6 is 11.8 Å². The van der Waals surface area contributed by atoms with Crippen LogP contribution in [0.2, 0.25) is 0 Å². The molecule has 3 aromatic carbocycles. The van der Waals surface area contributed by atoms with Crippen molar-refractivity contribution in [2.75, 3.05) is 25.3 Å². The van der Waals surface area contributed by atoms with Crippen molar-refractivity contribution in [2.45, 2.75) is 11.8 Å². The van der Waals surface area contributed by atoms with Gasteiger partial charge in [-0.2, -0.15) is 0 Å². The van der Waals surface area contributed by atoms with Crippen molar-refractivity contribution in [1.82, 2.24) is 14.8 Å². The van der Waals surface area contributed by atoms with E-state index in [9.17, 15) is 9.18 Å². The number of rotatable bonds is 10. The minimum absolute atomic E-state index is 0.000805. The summed E-state index contributed by atoms with van der Waals surface area (Å²) in [6.45, 7) is -0.000805. The summed E-state index contributed by atoms with van der Waals surface area (Å²) in [5.41, 5.74) is 1.35. The summed E-state index contributed by atoms with van der Waals surface area (Å²) in [4.78, 5) is 12.7. The molecule has 0 aliphatic carbocycles. The summed E-state index contributed by atoms with van der Waals surface area (Å²) in [5.74, 6) is 1.11. The number of aromatic nitrogens is 3. The first-order chi connectivity index (χ1) is 17.1. The highest BCUT2D eigenvalue weighted by Crippen LogP contribution is 2.27. The maximum Gasteiger partial charge on any atom is 0.234 e. The van der Waals surface area contributed by atoms with E-state index in [4.69, 9.17) is 14.2 Å². The molecule has 4 rings (SSSR count). The Bertz CT molecular complexity index is 1280. The SMILES string of the molecule is COc1cc(NC(=O)CSc2nnc(COc3ccccc3F)n2-c2ccccc2)cc(OC)c1. The van der Waals surface area contributed by atoms with Crippen molar-refractivity contribution in [3.8, 4) is 22.9 Å². The van der Waals surface area contributed by atoms with Crippen molar-refractivity contribution < 1.29 is 23.4 Å². The van der Waals surface area contributed by atoms with Crippen molar-refractivity contribution in [2.24, 2.45) is 0 Å². The fourth-order valence-electron chi connectivity index (χ4n) is 3.23. The number of thioether (sulfide) groups is 1. The lowest BCUT2D eigenvalue weighted by Gasteiger charge is -2.12. The number of nitrogens with zero attached hydrogens (tertiary/aromatic N) is 3. The molecule has 0 aliphatic heterocycles. The molecule has 0 saturated carbocycles. The van der Waals surface area contributed by atoms with Crippen LogP contribution in [0.3, 0.4) is 0 Å². The average molecular weight is 495 g/mol. The van der Waals surface area contributed by atoms with Crippen LogP contribution in [0, 0.1) is 5.82 Å². The van der Waals surface area contributed by atoms with Crippen LogP contribution in [0.15, 0.2) is 78.0 Å². The molecule has 1 N–H and O–H groups in total. The van der Waals surface area contributed by atoms with E-state index in [1.165, 1.54) is 17.8 Å². The molecule has 0 radical (unpaired) electrons. The number of benzene rings is 3. The number of methoxy groups -OCH3 is 2. The van der Waals surface area contributed by atoms with Gasteiger partial charge in [-0.15, -0.1) is 10.2 Å². The van der Waals surface area contributed by atoms with Crippen LogP contribution in [-0.2, 0) is 11.4 Å². The largest absolute Gasteiger partial charge is 0.497 e. The molecule has 0 atom stereocenters. The second-order valence-corrected chi connectivity index (χ2v) is 8.17. The number of nitrogens with one attached hydrogen (secondary N) is 1. The Hall–Kier alpha value is -4.05. The van der Waals surface area contributed by atoms with E-state index in [0.717, 1.165) is 5.69 Å². The van der Waals surface area contributed by atoms with Crippen LogP contribution in [0.5, 0.6) is 17.2 Å². The monoisotopic (exact) mass is 494 g/mol. The summed E-state index contributed by atoms with van der Waals surface area (Å²) >= 11 is 1.22. The third kappa shape index (κ3) is 6.10.